The van der Waals surface area contributed by atoms with Crippen LogP contribution in [0.3, 0.4) is 0 Å². The van der Waals surface area contributed by atoms with Crippen LogP contribution in [-0.4, -0.2) is 45.0 Å². The van der Waals surface area contributed by atoms with Gasteiger partial charge in [-0.05, 0) is 35.9 Å². The number of carbonyl (C=O) groups is 1. The van der Waals surface area contributed by atoms with Crippen molar-refractivity contribution in [1.82, 2.24) is 19.9 Å². The molecule has 0 bridgehead atoms. The number of amides is 1. The Bertz CT molecular complexity index is 915. The lowest BCUT2D eigenvalue weighted by Gasteiger charge is -2.31. The van der Waals surface area contributed by atoms with Gasteiger partial charge in [-0.25, -0.2) is 15.0 Å². The SMILES string of the molecule is O=C(c1ccc(CSc2ccccn2)cc1)N1CCC(Oc2ncccn2)CC1. The number of piperidine rings is 1. The van der Waals surface area contributed by atoms with Gasteiger partial charge >= 0.3 is 6.01 Å². The van der Waals surface area contributed by atoms with Crippen LogP contribution in [-0.2, 0) is 5.75 Å². The van der Waals surface area contributed by atoms with Crippen LogP contribution < -0.4 is 4.74 Å². The molecule has 3 aromatic rings. The number of likely N-dealkylation sites (tertiary alicyclic amines) is 1. The zero-order valence-corrected chi connectivity index (χ0v) is 16.8. The highest BCUT2D eigenvalue weighted by Gasteiger charge is 2.25. The first-order valence-corrected chi connectivity index (χ1v) is 10.6. The zero-order valence-electron chi connectivity index (χ0n) is 16.0. The second kappa shape index (κ2) is 9.52. The third kappa shape index (κ3) is 5.32. The second-order valence-corrected chi connectivity index (χ2v) is 7.79. The smallest absolute Gasteiger partial charge is 0.316 e. The molecular formula is C22H22N4O2S. The Morgan fingerprint density at radius 3 is 2.38 bits per heavy atom. The highest BCUT2D eigenvalue weighted by molar-refractivity contribution is 7.98. The molecule has 1 aliphatic rings. The van der Waals surface area contributed by atoms with Gasteiger partial charge in [-0.3, -0.25) is 4.79 Å². The molecule has 0 radical (unpaired) electrons. The number of hydrogen-bond acceptors (Lipinski definition) is 6. The van der Waals surface area contributed by atoms with Crippen LogP contribution in [0.15, 0.2) is 72.1 Å². The number of rotatable bonds is 6. The van der Waals surface area contributed by atoms with E-state index in [2.05, 4.69) is 15.0 Å². The van der Waals surface area contributed by atoms with Gasteiger partial charge in [0.25, 0.3) is 5.91 Å². The monoisotopic (exact) mass is 406 g/mol. The predicted molar refractivity (Wildman–Crippen MR) is 112 cm³/mol. The maximum absolute atomic E-state index is 12.8. The normalized spacial score (nSPS) is 14.6. The molecule has 0 aliphatic carbocycles. The van der Waals surface area contributed by atoms with Crippen molar-refractivity contribution in [3.05, 3.63) is 78.2 Å². The summed E-state index contributed by atoms with van der Waals surface area (Å²) in [5.74, 6) is 0.902. The number of thioether (sulfide) groups is 1. The fourth-order valence-corrected chi connectivity index (χ4v) is 4.01. The standard InChI is InChI=1S/C22H22N4O2S/c27-21(26-14-9-19(10-15-26)28-22-24-12-3-13-25-22)18-7-5-17(6-8-18)16-29-20-4-1-2-11-23-20/h1-8,11-13,19H,9-10,14-16H2. The molecule has 7 heteroatoms. The molecule has 0 N–H and O–H groups in total. The minimum atomic E-state index is 0.0486. The molecule has 1 fully saturated rings. The quantitative estimate of drug-likeness (QED) is 0.579. The van der Waals surface area contributed by atoms with Gasteiger partial charge in [0.1, 0.15) is 6.10 Å². The summed E-state index contributed by atoms with van der Waals surface area (Å²) in [6, 6.07) is 15.9. The van der Waals surface area contributed by atoms with E-state index in [1.165, 1.54) is 5.56 Å². The number of benzene rings is 1. The van der Waals surface area contributed by atoms with Crippen molar-refractivity contribution in [3.8, 4) is 6.01 Å². The van der Waals surface area contributed by atoms with E-state index >= 15 is 0 Å². The van der Waals surface area contributed by atoms with Crippen molar-refractivity contribution in [2.45, 2.75) is 29.7 Å². The molecule has 2 aromatic heterocycles. The van der Waals surface area contributed by atoms with Gasteiger partial charge in [-0.2, -0.15) is 0 Å². The zero-order chi connectivity index (χ0) is 19.9. The van der Waals surface area contributed by atoms with E-state index in [-0.39, 0.29) is 12.0 Å². The number of hydrogen-bond donors (Lipinski definition) is 0. The number of pyridine rings is 1. The van der Waals surface area contributed by atoms with E-state index < -0.39 is 0 Å². The van der Waals surface area contributed by atoms with Crippen LogP contribution in [0, 0.1) is 0 Å². The van der Waals surface area contributed by atoms with Crippen LogP contribution in [0.4, 0.5) is 0 Å². The molecule has 0 saturated carbocycles. The van der Waals surface area contributed by atoms with E-state index in [1.54, 1.807) is 36.4 Å². The Kier molecular flexibility index (Phi) is 6.36. The summed E-state index contributed by atoms with van der Waals surface area (Å²) in [6.45, 7) is 1.35. The van der Waals surface area contributed by atoms with Crippen molar-refractivity contribution in [2.75, 3.05) is 13.1 Å². The van der Waals surface area contributed by atoms with E-state index in [1.807, 2.05) is 47.4 Å². The van der Waals surface area contributed by atoms with E-state index in [0.29, 0.717) is 19.1 Å². The molecule has 1 aromatic carbocycles. The fourth-order valence-electron chi connectivity index (χ4n) is 3.19. The molecule has 1 amide bonds. The molecule has 29 heavy (non-hydrogen) atoms. The van der Waals surface area contributed by atoms with E-state index in [9.17, 15) is 4.79 Å². The highest BCUT2D eigenvalue weighted by atomic mass is 32.2. The van der Waals surface area contributed by atoms with Crippen LogP contribution >= 0.6 is 11.8 Å². The van der Waals surface area contributed by atoms with Crippen LogP contribution in [0.2, 0.25) is 0 Å². The van der Waals surface area contributed by atoms with Crippen LogP contribution in [0.1, 0.15) is 28.8 Å². The second-order valence-electron chi connectivity index (χ2n) is 6.79. The van der Waals surface area contributed by atoms with Gasteiger partial charge < -0.3 is 9.64 Å². The molecule has 0 atom stereocenters. The molecule has 6 nitrogen and oxygen atoms in total. The average Bonchev–Trinajstić information content (AvgIpc) is 2.79. The number of nitrogens with zero attached hydrogens (tertiary/aromatic N) is 4. The first kappa shape index (κ1) is 19.4. The molecular weight excluding hydrogens is 384 g/mol. The predicted octanol–water partition coefficient (Wildman–Crippen LogP) is 3.85. The topological polar surface area (TPSA) is 68.2 Å². The number of aromatic nitrogens is 3. The van der Waals surface area contributed by atoms with Gasteiger partial charge in [-0.1, -0.05) is 18.2 Å². The maximum Gasteiger partial charge on any atom is 0.316 e. The first-order valence-electron chi connectivity index (χ1n) is 9.63. The molecule has 0 unspecified atom stereocenters. The fraction of sp³-hybridized carbons (Fsp3) is 0.273. The lowest BCUT2D eigenvalue weighted by molar-refractivity contribution is 0.0578. The Morgan fingerprint density at radius 1 is 0.966 bits per heavy atom. The molecule has 0 spiro atoms. The van der Waals surface area contributed by atoms with E-state index in [0.717, 1.165) is 29.2 Å². The summed E-state index contributed by atoms with van der Waals surface area (Å²) < 4.78 is 5.80. The van der Waals surface area contributed by atoms with Gasteiger partial charge in [-0.15, -0.1) is 11.8 Å². The van der Waals surface area contributed by atoms with Crippen LogP contribution in [0.5, 0.6) is 6.01 Å². The summed E-state index contributed by atoms with van der Waals surface area (Å²) >= 11 is 1.69. The summed E-state index contributed by atoms with van der Waals surface area (Å²) in [7, 11) is 0. The maximum atomic E-state index is 12.8. The summed E-state index contributed by atoms with van der Waals surface area (Å²) in [5, 5.41) is 0.999. The highest BCUT2D eigenvalue weighted by Crippen LogP contribution is 2.22. The Hall–Kier alpha value is -2.93. The summed E-state index contributed by atoms with van der Waals surface area (Å²) in [5.41, 5.74) is 1.90. The van der Waals surface area contributed by atoms with Crippen molar-refractivity contribution in [2.24, 2.45) is 0 Å². The Morgan fingerprint density at radius 2 is 1.69 bits per heavy atom. The number of ether oxygens (including phenoxy) is 1. The Balaban J connectivity index is 1.27. The van der Waals surface area contributed by atoms with Gasteiger partial charge in [0.2, 0.25) is 0 Å². The van der Waals surface area contributed by atoms with Gasteiger partial charge in [0, 0.05) is 55.8 Å². The molecule has 1 saturated heterocycles. The third-order valence-electron chi connectivity index (χ3n) is 4.77. The lowest BCUT2D eigenvalue weighted by atomic mass is 10.1. The average molecular weight is 407 g/mol. The van der Waals surface area contributed by atoms with Gasteiger partial charge in [0.15, 0.2) is 0 Å². The minimum absolute atomic E-state index is 0.0486. The summed E-state index contributed by atoms with van der Waals surface area (Å²) in [4.78, 5) is 27.2. The first-order chi connectivity index (χ1) is 14.3. The minimum Gasteiger partial charge on any atom is -0.460 e. The molecule has 1 aliphatic heterocycles. The molecule has 4 rings (SSSR count). The summed E-state index contributed by atoms with van der Waals surface area (Å²) in [6.07, 6.45) is 6.74. The van der Waals surface area contributed by atoms with Crippen LogP contribution in [0.25, 0.3) is 0 Å². The lowest BCUT2D eigenvalue weighted by Crippen LogP contribution is -2.41. The van der Waals surface area contributed by atoms with E-state index in [4.69, 9.17) is 4.74 Å². The van der Waals surface area contributed by atoms with Crippen molar-refractivity contribution < 1.29 is 9.53 Å². The van der Waals surface area contributed by atoms with Crippen molar-refractivity contribution in [1.29, 1.82) is 0 Å². The largest absolute Gasteiger partial charge is 0.460 e. The third-order valence-corrected chi connectivity index (χ3v) is 5.78. The molecule has 148 valence electrons. The van der Waals surface area contributed by atoms with Crippen molar-refractivity contribution in [3.63, 3.8) is 0 Å². The molecule has 3 heterocycles. The Labute approximate surface area is 174 Å². The number of carbonyl (C=O) groups excluding carboxylic acids is 1. The van der Waals surface area contributed by atoms with Gasteiger partial charge in [0.05, 0.1) is 5.03 Å². The van der Waals surface area contributed by atoms with Crippen molar-refractivity contribution >= 4 is 17.7 Å².